The highest BCUT2D eigenvalue weighted by atomic mass is 127. The number of hydrogen-bond acceptors (Lipinski definition) is 9. The van der Waals surface area contributed by atoms with Gasteiger partial charge in [-0.15, -0.1) is 0 Å². The van der Waals surface area contributed by atoms with E-state index >= 15 is 0 Å². The lowest BCUT2D eigenvalue weighted by Crippen LogP contribution is -2.55. The number of ether oxygens (including phenoxy) is 5. The molecule has 226 valence electrons. The minimum atomic E-state index is -2.35. The number of rotatable bonds is 12. The van der Waals surface area contributed by atoms with Gasteiger partial charge in [-0.25, -0.2) is 0 Å². The molecule has 0 aromatic heterocycles. The Morgan fingerprint density at radius 2 is 1.78 bits per heavy atom. The standard InChI is InChI=1S/C30H42INO8Si/c1-29(2,3)41(6,7)40-28(26(16-33)34-18-21-13-23-24(14-22(21)31)36-19-35-23)27-25(38-30(4,5)39-27)15-32-37-17-20-11-9-8-10-12-20/h8-15,25-28,33H,16-19H2,1-7H3/b32-15+/t25-,26+,27-,28-/m0/s1. The normalized spacial score (nSPS) is 21.8. The molecule has 2 aromatic rings. The Kier molecular flexibility index (Phi) is 10.4. The van der Waals surface area contributed by atoms with Crippen LogP contribution in [0.15, 0.2) is 47.6 Å². The van der Waals surface area contributed by atoms with Crippen molar-refractivity contribution in [2.24, 2.45) is 5.16 Å². The first-order chi connectivity index (χ1) is 19.3. The number of fused-ring (bicyclic) bond motifs is 1. The fourth-order valence-electron chi connectivity index (χ4n) is 4.37. The summed E-state index contributed by atoms with van der Waals surface area (Å²) in [7, 11) is -2.35. The predicted octanol–water partition coefficient (Wildman–Crippen LogP) is 6.01. The highest BCUT2D eigenvalue weighted by Crippen LogP contribution is 2.41. The van der Waals surface area contributed by atoms with Crippen LogP contribution in [0.3, 0.4) is 0 Å². The van der Waals surface area contributed by atoms with Gasteiger partial charge in [0, 0.05) is 3.57 Å². The van der Waals surface area contributed by atoms with Crippen LogP contribution in [0.2, 0.25) is 18.1 Å². The van der Waals surface area contributed by atoms with Crippen molar-refractivity contribution in [3.8, 4) is 11.5 Å². The number of hydrogen-bond donors (Lipinski definition) is 1. The molecule has 0 spiro atoms. The van der Waals surface area contributed by atoms with Crippen molar-refractivity contribution in [2.75, 3.05) is 13.4 Å². The van der Waals surface area contributed by atoms with Crippen molar-refractivity contribution in [2.45, 2.75) is 96.2 Å². The minimum absolute atomic E-state index is 0.0880. The third kappa shape index (κ3) is 8.21. The first-order valence-corrected chi connectivity index (χ1v) is 17.8. The smallest absolute Gasteiger partial charge is 0.231 e. The summed E-state index contributed by atoms with van der Waals surface area (Å²) in [5.41, 5.74) is 1.94. The summed E-state index contributed by atoms with van der Waals surface area (Å²) in [6.07, 6.45) is -0.913. The highest BCUT2D eigenvalue weighted by Gasteiger charge is 2.51. The second-order valence-electron chi connectivity index (χ2n) is 12.2. The van der Waals surface area contributed by atoms with Gasteiger partial charge in [0.15, 0.2) is 25.6 Å². The zero-order valence-corrected chi connectivity index (χ0v) is 28.0. The van der Waals surface area contributed by atoms with Crippen LogP contribution in [0, 0.1) is 3.57 Å². The van der Waals surface area contributed by atoms with E-state index in [1.54, 1.807) is 6.21 Å². The van der Waals surface area contributed by atoms with Crippen molar-refractivity contribution in [3.05, 3.63) is 57.2 Å². The van der Waals surface area contributed by atoms with E-state index in [2.05, 4.69) is 61.6 Å². The molecule has 4 atom stereocenters. The number of aliphatic hydroxyl groups is 1. The maximum Gasteiger partial charge on any atom is 0.231 e. The van der Waals surface area contributed by atoms with Gasteiger partial charge < -0.3 is 38.1 Å². The molecule has 1 saturated heterocycles. The van der Waals surface area contributed by atoms with Gasteiger partial charge >= 0.3 is 0 Å². The zero-order chi connectivity index (χ0) is 29.8. The van der Waals surface area contributed by atoms with Crippen molar-refractivity contribution in [3.63, 3.8) is 0 Å². The Morgan fingerprint density at radius 3 is 2.44 bits per heavy atom. The van der Waals surface area contributed by atoms with E-state index in [0.717, 1.165) is 14.7 Å². The highest BCUT2D eigenvalue weighted by molar-refractivity contribution is 14.1. The van der Waals surface area contributed by atoms with Crippen LogP contribution in [0.4, 0.5) is 0 Å². The van der Waals surface area contributed by atoms with Crippen LogP contribution in [0.25, 0.3) is 0 Å². The summed E-state index contributed by atoms with van der Waals surface area (Å²) in [4.78, 5) is 5.57. The van der Waals surface area contributed by atoms with E-state index in [1.807, 2.05) is 56.3 Å². The molecule has 1 fully saturated rings. The molecule has 1 N–H and O–H groups in total. The van der Waals surface area contributed by atoms with E-state index in [0.29, 0.717) is 18.1 Å². The zero-order valence-electron chi connectivity index (χ0n) is 24.9. The molecule has 0 saturated carbocycles. The van der Waals surface area contributed by atoms with E-state index in [9.17, 15) is 5.11 Å². The molecule has 0 aliphatic carbocycles. The molecule has 2 aromatic carbocycles. The van der Waals surface area contributed by atoms with Crippen molar-refractivity contribution in [1.29, 1.82) is 0 Å². The van der Waals surface area contributed by atoms with Crippen LogP contribution < -0.4 is 9.47 Å². The number of halogens is 1. The minimum Gasteiger partial charge on any atom is -0.454 e. The summed E-state index contributed by atoms with van der Waals surface area (Å²) in [5.74, 6) is 0.494. The Balaban J connectivity index is 1.56. The topological polar surface area (TPSA) is 97.2 Å². The average Bonchev–Trinajstić information content (AvgIpc) is 3.48. The lowest BCUT2D eigenvalue weighted by atomic mass is 10.0. The van der Waals surface area contributed by atoms with E-state index in [-0.39, 0.29) is 25.0 Å². The van der Waals surface area contributed by atoms with E-state index < -0.39 is 38.5 Å². The fourth-order valence-corrected chi connectivity index (χ4v) is 6.28. The average molecular weight is 700 g/mol. The van der Waals surface area contributed by atoms with Crippen molar-refractivity contribution in [1.82, 2.24) is 0 Å². The monoisotopic (exact) mass is 699 g/mol. The third-order valence-electron chi connectivity index (χ3n) is 7.62. The Hall–Kier alpha value is -1.74. The molecule has 2 aliphatic rings. The molecule has 2 aliphatic heterocycles. The van der Waals surface area contributed by atoms with Gasteiger partial charge in [-0.1, -0.05) is 56.3 Å². The summed E-state index contributed by atoms with van der Waals surface area (Å²) in [6.45, 7) is 15.1. The van der Waals surface area contributed by atoms with Crippen LogP contribution in [-0.4, -0.2) is 63.2 Å². The van der Waals surface area contributed by atoms with Gasteiger partial charge in [0.25, 0.3) is 0 Å². The number of aliphatic hydroxyl groups excluding tert-OH is 1. The van der Waals surface area contributed by atoms with Gasteiger partial charge in [0.2, 0.25) is 6.79 Å². The molecule has 0 bridgehead atoms. The first kappa shape index (κ1) is 32.2. The summed E-state index contributed by atoms with van der Waals surface area (Å²) in [6, 6.07) is 13.7. The lowest BCUT2D eigenvalue weighted by Gasteiger charge is -2.43. The maximum absolute atomic E-state index is 10.6. The van der Waals surface area contributed by atoms with E-state index in [1.165, 1.54) is 0 Å². The Morgan fingerprint density at radius 1 is 1.10 bits per heavy atom. The summed E-state index contributed by atoms with van der Waals surface area (Å²) >= 11 is 2.25. The van der Waals surface area contributed by atoms with Crippen molar-refractivity contribution < 1.29 is 38.1 Å². The summed E-state index contributed by atoms with van der Waals surface area (Å²) < 4.78 is 38.0. The molecular weight excluding hydrogens is 657 g/mol. The predicted molar refractivity (Wildman–Crippen MR) is 167 cm³/mol. The number of benzene rings is 2. The van der Waals surface area contributed by atoms with Crippen LogP contribution in [0.1, 0.15) is 45.7 Å². The second kappa shape index (κ2) is 13.3. The van der Waals surface area contributed by atoms with Crippen LogP contribution in [0.5, 0.6) is 11.5 Å². The number of oxime groups is 1. The molecule has 9 nitrogen and oxygen atoms in total. The van der Waals surface area contributed by atoms with Crippen molar-refractivity contribution >= 4 is 37.1 Å². The molecule has 0 radical (unpaired) electrons. The molecular formula is C30H42INO8Si. The second-order valence-corrected chi connectivity index (χ2v) is 18.2. The fraction of sp³-hybridized carbons (Fsp3) is 0.567. The molecule has 11 heteroatoms. The Bertz CT molecular complexity index is 1190. The molecule has 41 heavy (non-hydrogen) atoms. The Labute approximate surface area is 257 Å². The third-order valence-corrected chi connectivity index (χ3v) is 13.1. The number of nitrogens with zero attached hydrogens (tertiary/aromatic N) is 1. The summed E-state index contributed by atoms with van der Waals surface area (Å²) in [5, 5.41) is 14.7. The van der Waals surface area contributed by atoms with E-state index in [4.69, 9.17) is 32.9 Å². The SMILES string of the molecule is CC1(C)O[C@H]([C@@H](O[Si](C)(C)C(C)(C)C)[C@@H](CO)OCc2cc3c(cc2I)OCO3)[C@H](/C=N/OCc2ccccc2)O1. The molecule has 0 unspecified atom stereocenters. The van der Waals surface area contributed by atoms with Gasteiger partial charge in [-0.2, -0.15) is 0 Å². The van der Waals surface area contributed by atoms with Crippen LogP contribution in [-0.2, 0) is 36.7 Å². The molecule has 0 amide bonds. The van der Waals surface area contributed by atoms with Gasteiger partial charge in [-0.05, 0) is 77.8 Å². The molecule has 2 heterocycles. The van der Waals surface area contributed by atoms with Gasteiger partial charge in [0.1, 0.15) is 31.0 Å². The quantitative estimate of drug-likeness (QED) is 0.125. The lowest BCUT2D eigenvalue weighted by molar-refractivity contribution is -0.167. The first-order valence-electron chi connectivity index (χ1n) is 13.8. The van der Waals surface area contributed by atoms with Gasteiger partial charge in [0.05, 0.1) is 19.4 Å². The van der Waals surface area contributed by atoms with Gasteiger partial charge in [-0.3, -0.25) is 0 Å². The largest absolute Gasteiger partial charge is 0.454 e. The molecule has 4 rings (SSSR count). The maximum atomic E-state index is 10.6. The van der Waals surface area contributed by atoms with Crippen LogP contribution >= 0.6 is 22.6 Å².